The van der Waals surface area contributed by atoms with E-state index in [1.54, 1.807) is 17.1 Å². The van der Waals surface area contributed by atoms with Gasteiger partial charge in [0, 0.05) is 26.6 Å². The van der Waals surface area contributed by atoms with E-state index in [1.807, 2.05) is 44.2 Å². The maximum Gasteiger partial charge on any atom is 0.313 e. The van der Waals surface area contributed by atoms with Gasteiger partial charge in [-0.3, -0.25) is 19.2 Å². The average molecular weight is 654 g/mol. The van der Waals surface area contributed by atoms with Gasteiger partial charge in [-0.2, -0.15) is 0 Å². The maximum absolute atomic E-state index is 14.4. The van der Waals surface area contributed by atoms with Gasteiger partial charge in [-0.15, -0.1) is 13.2 Å². The minimum absolute atomic E-state index is 0.0689. The Kier molecular flexibility index (Phi) is 12.8. The van der Waals surface area contributed by atoms with E-state index in [1.165, 1.54) is 12.0 Å². The normalized spacial score (nSPS) is 26.3. The number of carbonyl (C=O) groups is 4. The number of aliphatic hydroxyl groups is 1. The third-order valence-corrected chi connectivity index (χ3v) is 9.77. The zero-order valence-corrected chi connectivity index (χ0v) is 28.0. The van der Waals surface area contributed by atoms with Gasteiger partial charge in [-0.1, -0.05) is 62.8 Å². The van der Waals surface area contributed by atoms with Crippen LogP contribution in [0.2, 0.25) is 0 Å². The van der Waals surface area contributed by atoms with E-state index < -0.39 is 53.7 Å². The predicted molar refractivity (Wildman–Crippen MR) is 176 cm³/mol. The van der Waals surface area contributed by atoms with E-state index in [9.17, 15) is 24.3 Å². The van der Waals surface area contributed by atoms with Crippen molar-refractivity contribution in [3.05, 3.63) is 61.2 Å². The van der Waals surface area contributed by atoms with Crippen LogP contribution in [0.15, 0.2) is 55.6 Å². The number of benzene rings is 1. The fourth-order valence-electron chi connectivity index (χ4n) is 7.54. The van der Waals surface area contributed by atoms with E-state index in [-0.39, 0.29) is 37.4 Å². The van der Waals surface area contributed by atoms with E-state index >= 15 is 0 Å². The number of rotatable bonds is 19. The number of aliphatic hydroxyl groups excluding tert-OH is 1. The highest BCUT2D eigenvalue weighted by molar-refractivity contribution is 5.98. The molecular formula is C36H51N3O8. The average Bonchev–Trinajstić information content (AvgIpc) is 3.72. The van der Waals surface area contributed by atoms with Crippen LogP contribution in [0.3, 0.4) is 0 Å². The highest BCUT2D eigenvalue weighted by Crippen LogP contribution is 2.59. The number of hydrogen-bond acceptors (Lipinski definition) is 8. The number of nitrogens with zero attached hydrogens (tertiary/aromatic N) is 2. The molecule has 0 saturated carbocycles. The number of allylic oxidation sites excluding steroid dienone is 1. The molecule has 1 aromatic rings. The molecule has 258 valence electrons. The highest BCUT2D eigenvalue weighted by atomic mass is 16.6. The van der Waals surface area contributed by atoms with Gasteiger partial charge in [-0.25, -0.2) is 0 Å². The Balaban J connectivity index is 1.70. The fraction of sp³-hybridized carbons (Fsp3) is 0.611. The lowest BCUT2D eigenvalue weighted by Crippen LogP contribution is -2.58. The van der Waals surface area contributed by atoms with Crippen LogP contribution in [-0.4, -0.2) is 102 Å². The third-order valence-electron chi connectivity index (χ3n) is 9.77. The van der Waals surface area contributed by atoms with Crippen molar-refractivity contribution in [2.75, 3.05) is 33.4 Å². The number of fused-ring (bicyclic) bond motifs is 1. The number of nitrogens with one attached hydrogen (secondary N) is 1. The first-order valence-electron chi connectivity index (χ1n) is 16.9. The molecule has 1 aromatic carbocycles. The van der Waals surface area contributed by atoms with Gasteiger partial charge in [0.15, 0.2) is 0 Å². The number of hydrogen-bond donors (Lipinski definition) is 2. The molecule has 11 nitrogen and oxygen atoms in total. The number of ether oxygens (including phenoxy) is 3. The molecule has 3 amide bonds. The molecule has 3 aliphatic heterocycles. The van der Waals surface area contributed by atoms with E-state index in [0.29, 0.717) is 44.3 Å². The summed E-state index contributed by atoms with van der Waals surface area (Å²) in [5.74, 6) is -3.45. The second kappa shape index (κ2) is 16.5. The molecule has 0 unspecified atom stereocenters. The molecule has 0 radical (unpaired) electrons. The molecule has 47 heavy (non-hydrogen) atoms. The first kappa shape index (κ1) is 36.3. The summed E-state index contributed by atoms with van der Waals surface area (Å²) in [4.78, 5) is 59.1. The minimum atomic E-state index is -1.23. The first-order valence-corrected chi connectivity index (χ1v) is 16.9. The molecule has 0 aliphatic carbocycles. The first-order chi connectivity index (χ1) is 22.7. The lowest BCUT2D eigenvalue weighted by atomic mass is 9.70. The molecule has 0 aromatic heterocycles. The third kappa shape index (κ3) is 7.32. The van der Waals surface area contributed by atoms with Gasteiger partial charge < -0.3 is 34.4 Å². The number of methoxy groups -OCH3 is 1. The zero-order valence-electron chi connectivity index (χ0n) is 28.0. The van der Waals surface area contributed by atoms with Crippen molar-refractivity contribution in [2.45, 2.75) is 94.7 Å². The molecule has 4 rings (SSSR count). The second-order valence-corrected chi connectivity index (χ2v) is 12.7. The van der Waals surface area contributed by atoms with E-state index in [0.717, 1.165) is 12.8 Å². The molecule has 2 N–H and O–H groups in total. The summed E-state index contributed by atoms with van der Waals surface area (Å²) in [5.41, 5.74) is -0.579. The Morgan fingerprint density at radius 1 is 1.21 bits per heavy atom. The standard InChI is InChI=1S/C36H51N3O8/c1-6-10-17-28(41)37-26(23-45-5)31(24-15-13-12-14-16-24)46-35(44)29-27-18-19-36(47-27)30(29)33(42)39(25(9-4)22-40)32(36)34(43)38(20-8-3)21-11-7-2/h6,8,12-16,25-27,29-32,40H,1,3,7,9-11,17-23H2,2,4-5H3,(H,37,41)/t25-,26-,27-,29+,30+,31-,32-,36+/m0/s1. The van der Waals surface area contributed by atoms with Crippen LogP contribution < -0.4 is 5.32 Å². The van der Waals surface area contributed by atoms with E-state index in [2.05, 4.69) is 18.5 Å². The summed E-state index contributed by atoms with van der Waals surface area (Å²) in [7, 11) is 1.50. The van der Waals surface area contributed by atoms with Crippen LogP contribution in [0.1, 0.15) is 70.5 Å². The molecular weight excluding hydrogens is 602 g/mol. The van der Waals surface area contributed by atoms with E-state index in [4.69, 9.17) is 14.2 Å². The fourth-order valence-corrected chi connectivity index (χ4v) is 7.54. The number of carbonyl (C=O) groups excluding carboxylic acids is 4. The van der Waals surface area contributed by atoms with Gasteiger partial charge in [0.05, 0.1) is 43.2 Å². The summed E-state index contributed by atoms with van der Waals surface area (Å²) in [6.07, 6.45) is 5.46. The quantitative estimate of drug-likeness (QED) is 0.172. The Labute approximate surface area is 278 Å². The van der Waals surface area contributed by atoms with Crippen molar-refractivity contribution in [2.24, 2.45) is 11.8 Å². The summed E-state index contributed by atoms with van der Waals surface area (Å²) >= 11 is 0. The van der Waals surface area contributed by atoms with Gasteiger partial charge in [0.25, 0.3) is 0 Å². The number of likely N-dealkylation sites (tertiary alicyclic amines) is 1. The van der Waals surface area contributed by atoms with Gasteiger partial charge in [0.2, 0.25) is 17.7 Å². The summed E-state index contributed by atoms with van der Waals surface area (Å²) < 4.78 is 18.3. The Hall–Kier alpha value is -3.54. The van der Waals surface area contributed by atoms with Crippen molar-refractivity contribution in [3.8, 4) is 0 Å². The topological polar surface area (TPSA) is 135 Å². The molecule has 3 fully saturated rings. The SMILES string of the molecule is C=CCCC(=O)N[C@@H](COC)[C@@H](OC(=O)[C@@H]1[C@@H]2CC[C@]3(O2)[C@H](C(=O)N(CC=C)CCCC)N([C@@H](CC)CO)C(=O)[C@@H]13)c1ccccc1. The summed E-state index contributed by atoms with van der Waals surface area (Å²) in [6, 6.07) is 6.76. The predicted octanol–water partition coefficient (Wildman–Crippen LogP) is 3.33. The number of unbranched alkanes of at least 4 members (excludes halogenated alkanes) is 1. The second-order valence-electron chi connectivity index (χ2n) is 12.7. The Morgan fingerprint density at radius 2 is 1.96 bits per heavy atom. The molecule has 3 heterocycles. The summed E-state index contributed by atoms with van der Waals surface area (Å²) in [5, 5.41) is 13.3. The van der Waals surface area contributed by atoms with Crippen molar-refractivity contribution in [1.82, 2.24) is 15.1 Å². The van der Waals surface area contributed by atoms with Crippen LogP contribution in [0.5, 0.6) is 0 Å². The minimum Gasteiger partial charge on any atom is -0.455 e. The maximum atomic E-state index is 14.4. The molecule has 8 atom stereocenters. The lowest BCUT2D eigenvalue weighted by Gasteiger charge is -2.39. The lowest BCUT2D eigenvalue weighted by molar-refractivity contribution is -0.163. The highest BCUT2D eigenvalue weighted by Gasteiger charge is 2.75. The number of amides is 3. The Bertz CT molecular complexity index is 1270. The van der Waals surface area contributed by atoms with Crippen LogP contribution in [0, 0.1) is 11.8 Å². The Morgan fingerprint density at radius 3 is 2.57 bits per heavy atom. The molecule has 3 saturated heterocycles. The van der Waals surface area contributed by atoms with Crippen LogP contribution >= 0.6 is 0 Å². The molecule has 3 aliphatic rings. The molecule has 2 bridgehead atoms. The van der Waals surface area contributed by atoms with Gasteiger partial charge >= 0.3 is 5.97 Å². The van der Waals surface area contributed by atoms with Crippen molar-refractivity contribution < 1.29 is 38.5 Å². The monoisotopic (exact) mass is 653 g/mol. The van der Waals surface area contributed by atoms with Crippen LogP contribution in [-0.2, 0) is 33.4 Å². The summed E-state index contributed by atoms with van der Waals surface area (Å²) in [6.45, 7) is 11.9. The van der Waals surface area contributed by atoms with Crippen molar-refractivity contribution in [1.29, 1.82) is 0 Å². The number of esters is 1. The van der Waals surface area contributed by atoms with Gasteiger partial charge in [-0.05, 0) is 37.7 Å². The van der Waals surface area contributed by atoms with Crippen molar-refractivity contribution >= 4 is 23.7 Å². The largest absolute Gasteiger partial charge is 0.455 e. The zero-order chi connectivity index (χ0) is 34.1. The smallest absolute Gasteiger partial charge is 0.313 e. The van der Waals surface area contributed by atoms with Gasteiger partial charge in [0.1, 0.15) is 17.7 Å². The van der Waals surface area contributed by atoms with Crippen LogP contribution in [0.4, 0.5) is 0 Å². The van der Waals surface area contributed by atoms with Crippen LogP contribution in [0.25, 0.3) is 0 Å². The molecule has 11 heteroatoms. The van der Waals surface area contributed by atoms with Crippen molar-refractivity contribution in [3.63, 3.8) is 0 Å². The molecule has 1 spiro atoms.